The van der Waals surface area contributed by atoms with Gasteiger partial charge in [0.1, 0.15) is 0 Å². The average molecular weight is 269 g/mol. The van der Waals surface area contributed by atoms with Crippen LogP contribution in [0.2, 0.25) is 0 Å². The fourth-order valence-corrected chi connectivity index (χ4v) is 1.32. The van der Waals surface area contributed by atoms with Crippen LogP contribution < -0.4 is 0 Å². The molecule has 0 fully saturated rings. The zero-order valence-electron chi connectivity index (χ0n) is 6.93. The highest BCUT2D eigenvalue weighted by Crippen LogP contribution is 2.32. The second kappa shape index (κ2) is 3.64. The molecule has 16 heavy (non-hydrogen) atoms. The summed E-state index contributed by atoms with van der Waals surface area (Å²) >= 11 is 0. The van der Waals surface area contributed by atoms with Crippen molar-refractivity contribution in [3.05, 3.63) is 0 Å². The third-order valence-corrected chi connectivity index (χ3v) is 2.02. The molecule has 1 aliphatic heterocycles. The van der Waals surface area contributed by atoms with Crippen LogP contribution in [0.3, 0.4) is 0 Å². The Balaban J connectivity index is 3.23. The lowest BCUT2D eigenvalue weighted by Crippen LogP contribution is -2.37. The third kappa shape index (κ3) is 2.46. The van der Waals surface area contributed by atoms with Crippen molar-refractivity contribution >= 4 is 21.2 Å². The monoisotopic (exact) mass is 269 g/mol. The number of rotatable bonds is 0. The summed E-state index contributed by atoms with van der Waals surface area (Å²) in [5, 5.41) is 0. The van der Waals surface area contributed by atoms with Gasteiger partial charge in [0.05, 0.1) is 0 Å². The summed E-state index contributed by atoms with van der Waals surface area (Å²) in [5.74, 6) is -2.23. The summed E-state index contributed by atoms with van der Waals surface area (Å²) in [6.07, 6.45) is -13.8. The van der Waals surface area contributed by atoms with Gasteiger partial charge in [-0.05, 0) is 0 Å². The van der Waals surface area contributed by atoms with Crippen molar-refractivity contribution in [1.29, 1.82) is 0 Å². The first kappa shape index (κ1) is 12.8. The molecule has 1 heterocycles. The minimum atomic E-state index is -5.29. The Kier molecular flexibility index (Phi) is 2.92. The number of ether oxygens (including phenoxy) is 1. The fourth-order valence-electron chi connectivity index (χ4n) is 0.809. The van der Waals surface area contributed by atoms with Crippen LogP contribution in [0.1, 0.15) is 0 Å². The van der Waals surface area contributed by atoms with Crippen molar-refractivity contribution in [2.75, 3.05) is 0 Å². The Hall–Kier alpha value is -1.26. The van der Waals surface area contributed by atoms with E-state index in [0.717, 1.165) is 0 Å². The van der Waals surface area contributed by atoms with Crippen molar-refractivity contribution in [2.45, 2.75) is 18.5 Å². The summed E-state index contributed by atoms with van der Waals surface area (Å²) in [4.78, 5) is 0.524. The first-order valence-corrected chi connectivity index (χ1v) is 4.46. The predicted octanol–water partition coefficient (Wildman–Crippen LogP) is 0.917. The van der Waals surface area contributed by atoms with E-state index in [0.29, 0.717) is 0 Å². The maximum Gasteiger partial charge on any atom is 0.468 e. The van der Waals surface area contributed by atoms with Gasteiger partial charge in [-0.15, -0.1) is 0 Å². The molecule has 0 N–H and O–H groups in total. The molecule has 4 nitrogen and oxygen atoms in total. The van der Waals surface area contributed by atoms with Crippen molar-refractivity contribution in [3.8, 4) is 0 Å². The quantitative estimate of drug-likeness (QED) is 0.485. The Labute approximate surface area is 85.1 Å². The highest BCUT2D eigenvalue weighted by molar-refractivity contribution is 7.73. The molecule has 0 spiro atoms. The van der Waals surface area contributed by atoms with E-state index in [2.05, 4.69) is 9.73 Å². The first-order valence-electron chi connectivity index (χ1n) is 3.39. The molecule has 0 saturated carbocycles. The molecule has 0 aromatic heterocycles. The Morgan fingerprint density at radius 1 is 1.12 bits per heavy atom. The van der Waals surface area contributed by atoms with Gasteiger partial charge >= 0.3 is 12.4 Å². The summed E-state index contributed by atoms with van der Waals surface area (Å²) < 4.78 is 95.9. The van der Waals surface area contributed by atoms with E-state index >= 15 is 0 Å². The summed E-state index contributed by atoms with van der Waals surface area (Å²) in [7, 11) is -3.54. The van der Waals surface area contributed by atoms with Gasteiger partial charge in [0.2, 0.25) is 15.3 Å². The number of hydrogen-bond acceptors (Lipinski definition) is 3. The van der Waals surface area contributed by atoms with Crippen molar-refractivity contribution in [3.63, 3.8) is 0 Å². The van der Waals surface area contributed by atoms with Gasteiger partial charge in [0.25, 0.3) is 12.0 Å². The highest BCUT2D eigenvalue weighted by atomic mass is 32.2. The number of aliphatic imine (C=N–C) groups is 1. The van der Waals surface area contributed by atoms with Gasteiger partial charge in [-0.3, -0.25) is 0 Å². The first-order chi connectivity index (χ1) is 7.03. The second-order valence-electron chi connectivity index (χ2n) is 2.53. The summed E-state index contributed by atoms with van der Waals surface area (Å²) in [5.41, 5.74) is 0. The SMILES string of the molecule is O=S(=O)=C1N=C(C(F)(F)F)OC1C(F)(F)F. The Morgan fingerprint density at radius 2 is 1.62 bits per heavy atom. The van der Waals surface area contributed by atoms with Gasteiger partial charge < -0.3 is 4.74 Å². The largest absolute Gasteiger partial charge is 0.468 e. The van der Waals surface area contributed by atoms with E-state index in [-0.39, 0.29) is 0 Å². The third-order valence-electron chi connectivity index (χ3n) is 1.38. The van der Waals surface area contributed by atoms with Crippen LogP contribution >= 0.6 is 0 Å². The van der Waals surface area contributed by atoms with E-state index in [4.69, 9.17) is 0 Å². The van der Waals surface area contributed by atoms with Crippen molar-refractivity contribution < 1.29 is 39.5 Å². The molecule has 0 radical (unpaired) electrons. The summed E-state index contributed by atoms with van der Waals surface area (Å²) in [6.45, 7) is 0. The van der Waals surface area contributed by atoms with Gasteiger partial charge in [-0.1, -0.05) is 0 Å². The van der Waals surface area contributed by atoms with Gasteiger partial charge in [-0.25, -0.2) is 0 Å². The lowest BCUT2D eigenvalue weighted by molar-refractivity contribution is -0.181. The van der Waals surface area contributed by atoms with Crippen LogP contribution in [0, 0.1) is 0 Å². The molecule has 1 aliphatic rings. The van der Waals surface area contributed by atoms with Gasteiger partial charge in [0, 0.05) is 0 Å². The molecule has 11 heteroatoms. The van der Waals surface area contributed by atoms with Crippen molar-refractivity contribution in [1.82, 2.24) is 0 Å². The van der Waals surface area contributed by atoms with E-state index in [1.165, 1.54) is 0 Å². The van der Waals surface area contributed by atoms with Crippen LogP contribution in [0.15, 0.2) is 4.99 Å². The Morgan fingerprint density at radius 3 is 1.88 bits per heavy atom. The minimum Gasteiger partial charge on any atom is -0.453 e. The standard InChI is InChI=1S/C5HF6NO3S/c6-4(7,8)1-2(16(13)14)12-3(15-1)5(9,10)11/h1H. The number of hydrogen-bond donors (Lipinski definition) is 0. The molecule has 0 amide bonds. The van der Waals surface area contributed by atoms with E-state index in [1.807, 2.05) is 0 Å². The molecule has 0 aliphatic carbocycles. The zero-order valence-corrected chi connectivity index (χ0v) is 7.74. The maximum absolute atomic E-state index is 12.1. The van der Waals surface area contributed by atoms with Gasteiger partial charge in [-0.2, -0.15) is 39.8 Å². The molecular weight excluding hydrogens is 268 g/mol. The van der Waals surface area contributed by atoms with E-state index in [1.54, 1.807) is 0 Å². The second-order valence-corrected chi connectivity index (χ2v) is 3.41. The molecular formula is C5HF6NO3S. The smallest absolute Gasteiger partial charge is 0.453 e. The molecule has 1 unspecified atom stereocenters. The van der Waals surface area contributed by atoms with Crippen LogP contribution in [-0.2, 0) is 15.0 Å². The molecule has 0 aromatic carbocycles. The number of halogens is 6. The maximum atomic E-state index is 12.1. The van der Waals surface area contributed by atoms with Crippen LogP contribution in [0.4, 0.5) is 26.3 Å². The molecule has 0 bridgehead atoms. The topological polar surface area (TPSA) is 55.7 Å². The molecule has 0 saturated heterocycles. The lowest BCUT2D eigenvalue weighted by atomic mass is 10.3. The molecule has 0 aromatic rings. The summed E-state index contributed by atoms with van der Waals surface area (Å²) in [6, 6.07) is 0. The molecule has 1 atom stereocenters. The van der Waals surface area contributed by atoms with Crippen LogP contribution in [-0.4, -0.2) is 37.8 Å². The Bertz CT molecular complexity index is 450. The van der Waals surface area contributed by atoms with Crippen molar-refractivity contribution in [2.24, 2.45) is 4.99 Å². The normalized spacial score (nSPS) is 21.8. The number of alkyl halides is 6. The van der Waals surface area contributed by atoms with Crippen LogP contribution in [0.25, 0.3) is 0 Å². The average Bonchev–Trinajstić information content (AvgIpc) is 2.44. The van der Waals surface area contributed by atoms with Crippen LogP contribution in [0.5, 0.6) is 0 Å². The predicted molar refractivity (Wildman–Crippen MR) is 38.3 cm³/mol. The van der Waals surface area contributed by atoms with Gasteiger partial charge in [0.15, 0.2) is 0 Å². The fraction of sp³-hybridized carbons (Fsp3) is 0.600. The highest BCUT2D eigenvalue weighted by Gasteiger charge is 2.55. The number of nitrogens with zero attached hydrogens (tertiary/aromatic N) is 1. The molecule has 1 rings (SSSR count). The van der Waals surface area contributed by atoms with E-state index < -0.39 is 39.6 Å². The molecule has 92 valence electrons. The minimum absolute atomic E-state index is 1.74. The zero-order chi connectivity index (χ0) is 12.7. The lowest BCUT2D eigenvalue weighted by Gasteiger charge is -2.14. The van der Waals surface area contributed by atoms with E-state index in [9.17, 15) is 34.8 Å².